The molecule has 6 nitrogen and oxygen atoms in total. The first-order chi connectivity index (χ1) is 16.3. The summed E-state index contributed by atoms with van der Waals surface area (Å²) in [7, 11) is 0. The second-order valence-corrected chi connectivity index (χ2v) is 8.39. The zero-order chi connectivity index (χ0) is 23.9. The number of rotatable bonds is 4. The Morgan fingerprint density at radius 3 is 2.41 bits per heavy atom. The minimum absolute atomic E-state index is 0.170. The lowest BCUT2D eigenvalue weighted by atomic mass is 9.96. The van der Waals surface area contributed by atoms with E-state index in [0.717, 1.165) is 28.6 Å². The predicted molar refractivity (Wildman–Crippen MR) is 123 cm³/mol. The summed E-state index contributed by atoms with van der Waals surface area (Å²) in [5.41, 5.74) is 7.36. The third-order valence-corrected chi connectivity index (χ3v) is 6.30. The van der Waals surface area contributed by atoms with Gasteiger partial charge in [0.05, 0.1) is 10.9 Å². The Hall–Kier alpha value is -3.88. The van der Waals surface area contributed by atoms with Crippen molar-refractivity contribution < 1.29 is 18.0 Å². The summed E-state index contributed by atoms with van der Waals surface area (Å²) in [6.07, 6.45) is 0.0262. The number of alkyl halides is 3. The standard InChI is InChI=1S/C25H22F3N5O/c26-25(27,28)18-7-4-8-19(13-18)33-14-20(16-5-2-1-3-6-16)21-23(30-15-31-24(21)33)32-11-9-17(10-12-32)22(29)34/h1-8,13-15,17H,9-12H2,(H2,29,34). The number of anilines is 1. The van der Waals surface area contributed by atoms with Gasteiger partial charge in [0.15, 0.2) is 5.65 Å². The van der Waals surface area contributed by atoms with Crippen molar-refractivity contribution >= 4 is 22.8 Å². The summed E-state index contributed by atoms with van der Waals surface area (Å²) in [4.78, 5) is 22.7. The van der Waals surface area contributed by atoms with E-state index in [0.29, 0.717) is 43.1 Å². The first-order valence-electron chi connectivity index (χ1n) is 11.0. The van der Waals surface area contributed by atoms with Gasteiger partial charge in [-0.15, -0.1) is 0 Å². The molecule has 0 aliphatic carbocycles. The van der Waals surface area contributed by atoms with Gasteiger partial charge in [0, 0.05) is 36.5 Å². The van der Waals surface area contributed by atoms with Crippen LogP contribution in [-0.2, 0) is 11.0 Å². The van der Waals surface area contributed by atoms with E-state index in [9.17, 15) is 18.0 Å². The van der Waals surface area contributed by atoms with Crippen molar-refractivity contribution in [2.45, 2.75) is 19.0 Å². The Morgan fingerprint density at radius 2 is 1.74 bits per heavy atom. The molecule has 4 aromatic rings. The van der Waals surface area contributed by atoms with Crippen LogP contribution < -0.4 is 10.6 Å². The van der Waals surface area contributed by atoms with Crippen LogP contribution in [0.1, 0.15) is 18.4 Å². The Kier molecular flexibility index (Phi) is 5.47. The molecule has 5 rings (SSSR count). The lowest BCUT2D eigenvalue weighted by Gasteiger charge is -2.31. The smallest absolute Gasteiger partial charge is 0.369 e. The van der Waals surface area contributed by atoms with E-state index in [1.165, 1.54) is 12.4 Å². The van der Waals surface area contributed by atoms with Crippen molar-refractivity contribution in [3.63, 3.8) is 0 Å². The average Bonchev–Trinajstić information content (AvgIpc) is 3.24. The summed E-state index contributed by atoms with van der Waals surface area (Å²) in [6.45, 7) is 1.20. The van der Waals surface area contributed by atoms with Crippen LogP contribution in [-0.4, -0.2) is 33.5 Å². The number of halogens is 3. The number of hydrogen-bond acceptors (Lipinski definition) is 4. The maximum Gasteiger partial charge on any atom is 0.416 e. The molecule has 2 aromatic carbocycles. The van der Waals surface area contributed by atoms with Crippen molar-refractivity contribution in [3.05, 3.63) is 72.7 Å². The molecule has 1 aliphatic heterocycles. The third kappa shape index (κ3) is 3.98. The zero-order valence-electron chi connectivity index (χ0n) is 18.2. The van der Waals surface area contributed by atoms with E-state index in [2.05, 4.69) is 14.9 Å². The molecule has 0 radical (unpaired) electrons. The molecular weight excluding hydrogens is 443 g/mol. The number of nitrogens with zero attached hydrogens (tertiary/aromatic N) is 4. The van der Waals surface area contributed by atoms with E-state index >= 15 is 0 Å². The molecule has 174 valence electrons. The van der Waals surface area contributed by atoms with Crippen LogP contribution in [0, 0.1) is 5.92 Å². The van der Waals surface area contributed by atoms with Crippen molar-refractivity contribution in [2.75, 3.05) is 18.0 Å². The van der Waals surface area contributed by atoms with Crippen LogP contribution in [0.4, 0.5) is 19.0 Å². The van der Waals surface area contributed by atoms with Gasteiger partial charge in [-0.2, -0.15) is 13.2 Å². The van der Waals surface area contributed by atoms with Crippen LogP contribution in [0.25, 0.3) is 27.8 Å². The third-order valence-electron chi connectivity index (χ3n) is 6.30. The van der Waals surface area contributed by atoms with Crippen LogP contribution >= 0.6 is 0 Å². The molecule has 2 N–H and O–H groups in total. The quantitative estimate of drug-likeness (QED) is 0.469. The first kappa shape index (κ1) is 21.9. The number of carbonyl (C=O) groups is 1. The summed E-state index contributed by atoms with van der Waals surface area (Å²) in [5, 5.41) is 0.753. The van der Waals surface area contributed by atoms with Crippen LogP contribution in [0.2, 0.25) is 0 Å². The normalized spacial score (nSPS) is 15.1. The molecule has 0 atom stereocenters. The molecule has 2 aromatic heterocycles. The van der Waals surface area contributed by atoms with Gasteiger partial charge in [-0.25, -0.2) is 9.97 Å². The minimum Gasteiger partial charge on any atom is -0.369 e. The highest BCUT2D eigenvalue weighted by atomic mass is 19.4. The molecule has 0 unspecified atom stereocenters. The number of benzene rings is 2. The summed E-state index contributed by atoms with van der Waals surface area (Å²) in [5.74, 6) is 0.225. The minimum atomic E-state index is -4.45. The van der Waals surface area contributed by atoms with Gasteiger partial charge in [0.25, 0.3) is 0 Å². The number of primary amides is 1. The van der Waals surface area contributed by atoms with Crippen LogP contribution in [0.3, 0.4) is 0 Å². The highest BCUT2D eigenvalue weighted by Gasteiger charge is 2.31. The number of carbonyl (C=O) groups excluding carboxylic acids is 1. The number of hydrogen-bond donors (Lipinski definition) is 1. The van der Waals surface area contributed by atoms with Gasteiger partial charge in [-0.1, -0.05) is 36.4 Å². The van der Waals surface area contributed by atoms with Gasteiger partial charge < -0.3 is 15.2 Å². The molecule has 1 aliphatic rings. The molecule has 1 saturated heterocycles. The number of nitrogens with two attached hydrogens (primary N) is 1. The lowest BCUT2D eigenvalue weighted by molar-refractivity contribution is -0.137. The van der Waals surface area contributed by atoms with Gasteiger partial charge in [-0.3, -0.25) is 4.79 Å². The van der Waals surface area contributed by atoms with E-state index in [1.807, 2.05) is 36.5 Å². The predicted octanol–water partition coefficient (Wildman–Crippen LogP) is 4.81. The molecule has 9 heteroatoms. The van der Waals surface area contributed by atoms with Gasteiger partial charge >= 0.3 is 6.18 Å². The fourth-order valence-electron chi connectivity index (χ4n) is 4.53. The molecule has 1 fully saturated rings. The number of aromatic nitrogens is 3. The molecule has 0 spiro atoms. The topological polar surface area (TPSA) is 77.0 Å². The van der Waals surface area contributed by atoms with Crippen molar-refractivity contribution in [1.29, 1.82) is 0 Å². The van der Waals surface area contributed by atoms with E-state index in [4.69, 9.17) is 5.73 Å². The Balaban J connectivity index is 1.68. The van der Waals surface area contributed by atoms with Crippen molar-refractivity contribution in [3.8, 4) is 16.8 Å². The number of amides is 1. The van der Waals surface area contributed by atoms with E-state index in [-0.39, 0.29) is 11.8 Å². The van der Waals surface area contributed by atoms with E-state index in [1.54, 1.807) is 10.6 Å². The molecule has 34 heavy (non-hydrogen) atoms. The van der Waals surface area contributed by atoms with Crippen molar-refractivity contribution in [1.82, 2.24) is 14.5 Å². The highest BCUT2D eigenvalue weighted by Crippen LogP contribution is 2.38. The largest absolute Gasteiger partial charge is 0.416 e. The summed E-state index contributed by atoms with van der Waals surface area (Å²) in [6, 6.07) is 14.8. The maximum absolute atomic E-state index is 13.4. The molecular formula is C25H22F3N5O. The summed E-state index contributed by atoms with van der Waals surface area (Å²) >= 11 is 0. The maximum atomic E-state index is 13.4. The van der Waals surface area contributed by atoms with Crippen molar-refractivity contribution in [2.24, 2.45) is 11.7 Å². The van der Waals surface area contributed by atoms with Gasteiger partial charge in [0.2, 0.25) is 5.91 Å². The monoisotopic (exact) mass is 465 g/mol. The first-order valence-corrected chi connectivity index (χ1v) is 11.0. The SMILES string of the molecule is NC(=O)C1CCN(c2ncnc3c2c(-c2ccccc2)cn3-c2cccc(C(F)(F)F)c2)CC1. The Labute approximate surface area is 193 Å². The zero-order valence-corrected chi connectivity index (χ0v) is 18.2. The highest BCUT2D eigenvalue weighted by molar-refractivity contribution is 6.02. The lowest BCUT2D eigenvalue weighted by Crippen LogP contribution is -2.39. The van der Waals surface area contributed by atoms with Crippen LogP contribution in [0.15, 0.2) is 67.1 Å². The average molecular weight is 465 g/mol. The summed E-state index contributed by atoms with van der Waals surface area (Å²) < 4.78 is 41.8. The molecule has 3 heterocycles. The van der Waals surface area contributed by atoms with E-state index < -0.39 is 11.7 Å². The molecule has 0 saturated carbocycles. The van der Waals surface area contributed by atoms with Crippen LogP contribution in [0.5, 0.6) is 0 Å². The number of piperidine rings is 1. The Bertz CT molecular complexity index is 1340. The second kappa shape index (κ2) is 8.48. The second-order valence-electron chi connectivity index (χ2n) is 8.39. The van der Waals surface area contributed by atoms with Gasteiger partial charge in [0.1, 0.15) is 12.1 Å². The molecule has 0 bridgehead atoms. The Morgan fingerprint density at radius 1 is 1.00 bits per heavy atom. The molecule has 1 amide bonds. The number of fused-ring (bicyclic) bond motifs is 1. The fourth-order valence-corrected chi connectivity index (χ4v) is 4.53. The fraction of sp³-hybridized carbons (Fsp3) is 0.240. The van der Waals surface area contributed by atoms with Gasteiger partial charge in [-0.05, 0) is 36.6 Å².